The molecule has 0 saturated carbocycles. The zero-order valence-electron chi connectivity index (χ0n) is 15.2. The van der Waals surface area contributed by atoms with Gasteiger partial charge in [-0.2, -0.15) is 0 Å². The van der Waals surface area contributed by atoms with Crippen LogP contribution in [0.4, 0.5) is 0 Å². The van der Waals surface area contributed by atoms with Gasteiger partial charge in [-0.1, -0.05) is 38.1 Å². The van der Waals surface area contributed by atoms with Crippen LogP contribution in [0.5, 0.6) is 0 Å². The molecule has 1 aromatic carbocycles. The Morgan fingerprint density at radius 2 is 1.79 bits per heavy atom. The zero-order valence-corrected chi connectivity index (χ0v) is 16.0. The summed E-state index contributed by atoms with van der Waals surface area (Å²) in [5, 5.41) is 6.73. The topological polar surface area (TPSA) is 50.4 Å². The summed E-state index contributed by atoms with van der Waals surface area (Å²) in [6.45, 7) is 11.7. The van der Waals surface area contributed by atoms with E-state index in [1.807, 2.05) is 39.8 Å². The van der Waals surface area contributed by atoms with Gasteiger partial charge in [-0.3, -0.25) is 0 Å². The second kappa shape index (κ2) is 6.93. The van der Waals surface area contributed by atoms with Crippen LogP contribution in [0.15, 0.2) is 35.5 Å². The molecular formula is C19H26N2O2S. The van der Waals surface area contributed by atoms with Gasteiger partial charge < -0.3 is 15.4 Å². The van der Waals surface area contributed by atoms with E-state index >= 15 is 0 Å². The Hall–Kier alpha value is -1.88. The minimum atomic E-state index is -0.547. The summed E-state index contributed by atoms with van der Waals surface area (Å²) in [6, 6.07) is 7.95. The third kappa shape index (κ3) is 4.35. The summed E-state index contributed by atoms with van der Waals surface area (Å²) in [6.07, 6.45) is 0. The van der Waals surface area contributed by atoms with Crippen LogP contribution in [-0.2, 0) is 9.53 Å². The highest BCUT2D eigenvalue weighted by Gasteiger charge is 2.32. The predicted octanol–water partition coefficient (Wildman–Crippen LogP) is 3.94. The molecule has 0 fully saturated rings. The number of carbonyl (C=O) groups is 1. The summed E-state index contributed by atoms with van der Waals surface area (Å²) in [5.74, 6) is 0.129. The van der Waals surface area contributed by atoms with Crippen molar-refractivity contribution in [1.82, 2.24) is 10.6 Å². The average molecular weight is 346 g/mol. The molecule has 0 unspecified atom stereocenters. The summed E-state index contributed by atoms with van der Waals surface area (Å²) < 4.78 is 5.58. The molecule has 2 rings (SSSR count). The van der Waals surface area contributed by atoms with E-state index in [9.17, 15) is 4.79 Å². The third-order valence-electron chi connectivity index (χ3n) is 3.82. The third-order valence-corrected chi connectivity index (χ3v) is 4.04. The molecule has 1 aliphatic rings. The van der Waals surface area contributed by atoms with E-state index in [0.29, 0.717) is 16.6 Å². The molecule has 0 spiro atoms. The summed E-state index contributed by atoms with van der Waals surface area (Å²) in [4.78, 5) is 12.7. The molecule has 0 amide bonds. The van der Waals surface area contributed by atoms with Crippen molar-refractivity contribution >= 4 is 23.3 Å². The first kappa shape index (κ1) is 18.5. The number of nitrogens with one attached hydrogen (secondary N) is 2. The summed E-state index contributed by atoms with van der Waals surface area (Å²) >= 11 is 5.27. The van der Waals surface area contributed by atoms with E-state index in [4.69, 9.17) is 17.0 Å². The largest absolute Gasteiger partial charge is 0.456 e. The van der Waals surface area contributed by atoms with Crippen LogP contribution in [0.25, 0.3) is 0 Å². The molecule has 1 aliphatic heterocycles. The van der Waals surface area contributed by atoms with Crippen LogP contribution in [0.3, 0.4) is 0 Å². The van der Waals surface area contributed by atoms with Gasteiger partial charge in [-0.25, -0.2) is 4.79 Å². The van der Waals surface area contributed by atoms with Crippen molar-refractivity contribution in [3.63, 3.8) is 0 Å². The standard InChI is InChI=1S/C19H26N2O2S/c1-11(2)13-7-9-14(10-8-13)16-15(12(3)20-18(24)21-16)17(22)23-19(4,5)6/h7-11,16H,1-6H3,(H2,20,21,24)/t16-/m0/s1. The van der Waals surface area contributed by atoms with Crippen LogP contribution in [0.1, 0.15) is 64.6 Å². The lowest BCUT2D eigenvalue weighted by Crippen LogP contribution is -2.45. The van der Waals surface area contributed by atoms with Crippen molar-refractivity contribution in [2.75, 3.05) is 0 Å². The molecule has 0 aliphatic carbocycles. The van der Waals surface area contributed by atoms with Gasteiger partial charge in [0.2, 0.25) is 0 Å². The van der Waals surface area contributed by atoms with Gasteiger partial charge in [0.15, 0.2) is 5.11 Å². The van der Waals surface area contributed by atoms with Crippen molar-refractivity contribution in [3.05, 3.63) is 46.7 Å². The normalized spacial score (nSPS) is 18.3. The number of hydrogen-bond acceptors (Lipinski definition) is 3. The molecular weight excluding hydrogens is 320 g/mol. The van der Waals surface area contributed by atoms with Gasteiger partial charge in [0.05, 0.1) is 11.6 Å². The van der Waals surface area contributed by atoms with Crippen LogP contribution in [0.2, 0.25) is 0 Å². The molecule has 1 aromatic rings. The molecule has 5 heteroatoms. The molecule has 130 valence electrons. The number of benzene rings is 1. The Kier molecular flexibility index (Phi) is 5.33. The smallest absolute Gasteiger partial charge is 0.338 e. The molecule has 4 nitrogen and oxygen atoms in total. The van der Waals surface area contributed by atoms with Crippen molar-refractivity contribution in [1.29, 1.82) is 0 Å². The van der Waals surface area contributed by atoms with Gasteiger partial charge in [0.1, 0.15) is 5.60 Å². The van der Waals surface area contributed by atoms with Gasteiger partial charge in [0.25, 0.3) is 0 Å². The van der Waals surface area contributed by atoms with Crippen LogP contribution < -0.4 is 10.6 Å². The van der Waals surface area contributed by atoms with E-state index in [0.717, 1.165) is 11.3 Å². The van der Waals surface area contributed by atoms with Crippen molar-refractivity contribution in [3.8, 4) is 0 Å². The van der Waals surface area contributed by atoms with Gasteiger partial charge in [0, 0.05) is 5.70 Å². The molecule has 24 heavy (non-hydrogen) atoms. The predicted molar refractivity (Wildman–Crippen MR) is 101 cm³/mol. The molecule has 0 aromatic heterocycles. The first-order valence-electron chi connectivity index (χ1n) is 8.20. The van der Waals surface area contributed by atoms with Gasteiger partial charge in [-0.05, 0) is 57.0 Å². The number of rotatable bonds is 3. The molecule has 1 atom stereocenters. The number of ether oxygens (including phenoxy) is 1. The lowest BCUT2D eigenvalue weighted by atomic mass is 9.93. The van der Waals surface area contributed by atoms with Crippen LogP contribution in [0, 0.1) is 0 Å². The Morgan fingerprint density at radius 3 is 2.29 bits per heavy atom. The lowest BCUT2D eigenvalue weighted by Gasteiger charge is -2.31. The number of allylic oxidation sites excluding steroid dienone is 1. The highest BCUT2D eigenvalue weighted by molar-refractivity contribution is 7.80. The summed E-state index contributed by atoms with van der Waals surface area (Å²) in [7, 11) is 0. The molecule has 0 saturated heterocycles. The first-order valence-corrected chi connectivity index (χ1v) is 8.61. The average Bonchev–Trinajstić information content (AvgIpc) is 2.44. The Morgan fingerprint density at radius 1 is 1.21 bits per heavy atom. The number of carbonyl (C=O) groups excluding carboxylic acids is 1. The fraction of sp³-hybridized carbons (Fsp3) is 0.474. The molecule has 1 heterocycles. The minimum Gasteiger partial charge on any atom is -0.456 e. The quantitative estimate of drug-likeness (QED) is 0.641. The van der Waals surface area contributed by atoms with Crippen LogP contribution in [-0.4, -0.2) is 16.7 Å². The van der Waals surface area contributed by atoms with Crippen molar-refractivity contribution < 1.29 is 9.53 Å². The fourth-order valence-electron chi connectivity index (χ4n) is 2.62. The zero-order chi connectivity index (χ0) is 18.1. The van der Waals surface area contributed by atoms with Gasteiger partial charge in [-0.15, -0.1) is 0 Å². The van der Waals surface area contributed by atoms with Crippen LogP contribution >= 0.6 is 12.2 Å². The SMILES string of the molecule is CC1=C(C(=O)OC(C)(C)C)[C@H](c2ccc(C(C)C)cc2)NC(=S)N1. The Balaban J connectivity index is 2.39. The van der Waals surface area contributed by atoms with Gasteiger partial charge >= 0.3 is 5.97 Å². The molecule has 2 N–H and O–H groups in total. The van der Waals surface area contributed by atoms with E-state index in [1.165, 1.54) is 5.56 Å². The Labute approximate surface area is 149 Å². The van der Waals surface area contributed by atoms with E-state index in [-0.39, 0.29) is 12.0 Å². The highest BCUT2D eigenvalue weighted by Crippen LogP contribution is 2.29. The number of esters is 1. The summed E-state index contributed by atoms with van der Waals surface area (Å²) in [5.41, 5.74) is 2.99. The first-order chi connectivity index (χ1) is 11.1. The maximum absolute atomic E-state index is 12.7. The second-order valence-electron chi connectivity index (χ2n) is 7.39. The molecule has 0 radical (unpaired) electrons. The minimum absolute atomic E-state index is 0.310. The van der Waals surface area contributed by atoms with E-state index in [1.54, 1.807) is 0 Å². The fourth-order valence-corrected chi connectivity index (χ4v) is 2.89. The monoisotopic (exact) mass is 346 g/mol. The van der Waals surface area contributed by atoms with Crippen molar-refractivity contribution in [2.24, 2.45) is 0 Å². The Bertz CT molecular complexity index is 670. The number of hydrogen-bond donors (Lipinski definition) is 2. The highest BCUT2D eigenvalue weighted by atomic mass is 32.1. The number of thiocarbonyl (C=S) groups is 1. The van der Waals surface area contributed by atoms with Crippen molar-refractivity contribution in [2.45, 2.75) is 59.1 Å². The maximum atomic E-state index is 12.7. The lowest BCUT2D eigenvalue weighted by molar-refractivity contribution is -0.150. The molecule has 0 bridgehead atoms. The maximum Gasteiger partial charge on any atom is 0.338 e. The van der Waals surface area contributed by atoms with E-state index < -0.39 is 5.60 Å². The second-order valence-corrected chi connectivity index (χ2v) is 7.80. The van der Waals surface area contributed by atoms with E-state index in [2.05, 4.69) is 36.6 Å².